The minimum Gasteiger partial charge on any atom is -0.326 e. The van der Waals surface area contributed by atoms with Crippen LogP contribution in [-0.4, -0.2) is 31.7 Å². The molecule has 2 fully saturated rings. The van der Waals surface area contributed by atoms with Crippen LogP contribution in [0.15, 0.2) is 23.1 Å². The molecule has 25 heavy (non-hydrogen) atoms. The van der Waals surface area contributed by atoms with Crippen molar-refractivity contribution in [2.75, 3.05) is 18.4 Å². The highest BCUT2D eigenvalue weighted by Gasteiger charge is 2.43. The summed E-state index contributed by atoms with van der Waals surface area (Å²) in [5, 5.41) is 3.07. The van der Waals surface area contributed by atoms with E-state index in [2.05, 4.69) is 5.32 Å². The first-order valence-electron chi connectivity index (χ1n) is 8.97. The molecule has 2 saturated carbocycles. The Balaban J connectivity index is 1.81. The fourth-order valence-corrected chi connectivity index (χ4v) is 6.24. The lowest BCUT2D eigenvalue weighted by atomic mass is 9.88. The van der Waals surface area contributed by atoms with Gasteiger partial charge in [0.25, 0.3) is 0 Å². The summed E-state index contributed by atoms with van der Waals surface area (Å²) in [6.07, 6.45) is 4.47. The van der Waals surface area contributed by atoms with Gasteiger partial charge in [-0.1, -0.05) is 31.9 Å². The van der Waals surface area contributed by atoms with Crippen LogP contribution < -0.4 is 5.32 Å². The number of hydrogen-bond acceptors (Lipinski definition) is 3. The second kappa shape index (κ2) is 7.25. The summed E-state index contributed by atoms with van der Waals surface area (Å²) < 4.78 is 26.8. The molecule has 3 atom stereocenters. The Morgan fingerprint density at radius 1 is 1.24 bits per heavy atom. The second-order valence-electron chi connectivity index (χ2n) is 7.01. The SMILES string of the molecule is CCN(CC)S(=O)(=O)c1cc(NC(=O)C2CC3CCC2C3)ccc1Cl. The van der Waals surface area contributed by atoms with Crippen LogP contribution >= 0.6 is 11.6 Å². The lowest BCUT2D eigenvalue weighted by molar-refractivity contribution is -0.121. The quantitative estimate of drug-likeness (QED) is 0.812. The number of hydrogen-bond donors (Lipinski definition) is 1. The van der Waals surface area contributed by atoms with Crippen molar-refractivity contribution in [1.82, 2.24) is 4.31 Å². The molecule has 1 N–H and O–H groups in total. The molecule has 0 aromatic heterocycles. The molecule has 0 heterocycles. The van der Waals surface area contributed by atoms with E-state index in [-0.39, 0.29) is 21.7 Å². The number of fused-ring (bicyclic) bond motifs is 2. The zero-order valence-corrected chi connectivity index (χ0v) is 16.2. The lowest BCUT2D eigenvalue weighted by Crippen LogP contribution is -2.31. The van der Waals surface area contributed by atoms with Crippen LogP contribution in [0, 0.1) is 17.8 Å². The summed E-state index contributed by atoms with van der Waals surface area (Å²) in [4.78, 5) is 12.6. The van der Waals surface area contributed by atoms with Crippen LogP contribution in [0.1, 0.15) is 39.5 Å². The number of rotatable bonds is 6. The first-order valence-corrected chi connectivity index (χ1v) is 10.8. The third kappa shape index (κ3) is 3.57. The van der Waals surface area contributed by atoms with Gasteiger partial charge in [-0.25, -0.2) is 8.42 Å². The van der Waals surface area contributed by atoms with Crippen molar-refractivity contribution >= 4 is 33.2 Å². The average molecular weight is 385 g/mol. The summed E-state index contributed by atoms with van der Waals surface area (Å²) in [6.45, 7) is 4.32. The van der Waals surface area contributed by atoms with Crippen LogP contribution in [0.4, 0.5) is 5.69 Å². The van der Waals surface area contributed by atoms with Gasteiger partial charge >= 0.3 is 0 Å². The number of anilines is 1. The molecule has 1 aromatic rings. The van der Waals surface area contributed by atoms with Gasteiger partial charge in [0.2, 0.25) is 15.9 Å². The number of sulfonamides is 1. The molecule has 7 heteroatoms. The number of carbonyl (C=O) groups excluding carboxylic acids is 1. The van der Waals surface area contributed by atoms with E-state index >= 15 is 0 Å². The highest BCUT2D eigenvalue weighted by molar-refractivity contribution is 7.89. The van der Waals surface area contributed by atoms with Crippen LogP contribution in [0.25, 0.3) is 0 Å². The number of amides is 1. The first kappa shape index (κ1) is 18.7. The minimum atomic E-state index is -3.67. The molecule has 0 spiro atoms. The Bertz CT molecular complexity index is 762. The molecular formula is C18H25ClN2O3S. The standard InChI is InChI=1S/C18H25ClN2O3S/c1-3-21(4-2)25(23,24)17-11-14(7-8-16(17)19)20-18(22)15-10-12-5-6-13(15)9-12/h7-8,11-13,15H,3-6,9-10H2,1-2H3,(H,20,22). The van der Waals surface area contributed by atoms with E-state index in [1.165, 1.54) is 22.9 Å². The predicted molar refractivity (Wildman–Crippen MR) is 99.1 cm³/mol. The molecule has 138 valence electrons. The maximum Gasteiger partial charge on any atom is 0.244 e. The van der Waals surface area contributed by atoms with Gasteiger partial charge in [-0.2, -0.15) is 4.31 Å². The summed E-state index contributed by atoms with van der Waals surface area (Å²) in [5.74, 6) is 1.22. The lowest BCUT2D eigenvalue weighted by Gasteiger charge is -2.22. The van der Waals surface area contributed by atoms with Gasteiger partial charge in [0.1, 0.15) is 4.90 Å². The molecule has 1 aromatic carbocycles. The molecule has 1 amide bonds. The van der Waals surface area contributed by atoms with Gasteiger partial charge in [-0.3, -0.25) is 4.79 Å². The average Bonchev–Trinajstić information content (AvgIpc) is 3.20. The summed E-state index contributed by atoms with van der Waals surface area (Å²) >= 11 is 6.14. The smallest absolute Gasteiger partial charge is 0.244 e. The largest absolute Gasteiger partial charge is 0.326 e. The summed E-state index contributed by atoms with van der Waals surface area (Å²) in [5.41, 5.74) is 0.489. The Hall–Kier alpha value is -1.11. The molecule has 3 rings (SSSR count). The molecule has 2 aliphatic carbocycles. The van der Waals surface area contributed by atoms with Gasteiger partial charge in [-0.15, -0.1) is 0 Å². The van der Waals surface area contributed by atoms with Crippen LogP contribution in [0.5, 0.6) is 0 Å². The number of benzene rings is 1. The van der Waals surface area contributed by atoms with Crippen molar-refractivity contribution in [3.05, 3.63) is 23.2 Å². The van der Waals surface area contributed by atoms with Gasteiger partial charge in [0.05, 0.1) is 5.02 Å². The number of halogens is 1. The Morgan fingerprint density at radius 2 is 1.96 bits per heavy atom. The van der Waals surface area contributed by atoms with Crippen LogP contribution in [0.3, 0.4) is 0 Å². The zero-order valence-electron chi connectivity index (χ0n) is 14.7. The van der Waals surface area contributed by atoms with Crippen molar-refractivity contribution in [3.8, 4) is 0 Å². The van der Waals surface area contributed by atoms with E-state index in [0.717, 1.165) is 19.3 Å². The molecule has 2 aliphatic rings. The third-order valence-electron chi connectivity index (χ3n) is 5.60. The maximum atomic E-state index is 12.7. The van der Waals surface area contributed by atoms with Crippen molar-refractivity contribution in [2.45, 2.75) is 44.4 Å². The van der Waals surface area contributed by atoms with E-state index in [1.54, 1.807) is 19.9 Å². The van der Waals surface area contributed by atoms with Crippen molar-refractivity contribution in [3.63, 3.8) is 0 Å². The highest BCUT2D eigenvalue weighted by atomic mass is 35.5. The summed E-state index contributed by atoms with van der Waals surface area (Å²) in [6, 6.07) is 4.67. The molecule has 0 radical (unpaired) electrons. The van der Waals surface area contributed by atoms with Gasteiger partial charge in [-0.05, 0) is 49.3 Å². The predicted octanol–water partition coefficient (Wildman–Crippen LogP) is 3.75. The monoisotopic (exact) mass is 384 g/mol. The Labute approximate surface area is 154 Å². The molecule has 5 nitrogen and oxygen atoms in total. The molecule has 2 bridgehead atoms. The molecule has 0 aliphatic heterocycles. The van der Waals surface area contributed by atoms with E-state index in [9.17, 15) is 13.2 Å². The maximum absolute atomic E-state index is 12.7. The van der Waals surface area contributed by atoms with E-state index in [1.807, 2.05) is 0 Å². The van der Waals surface area contributed by atoms with Crippen molar-refractivity contribution < 1.29 is 13.2 Å². The highest BCUT2D eigenvalue weighted by Crippen LogP contribution is 2.48. The zero-order chi connectivity index (χ0) is 18.2. The minimum absolute atomic E-state index is 0.000657. The van der Waals surface area contributed by atoms with Gasteiger partial charge < -0.3 is 5.32 Å². The summed E-state index contributed by atoms with van der Waals surface area (Å²) in [7, 11) is -3.67. The van der Waals surface area contributed by atoms with Crippen LogP contribution in [-0.2, 0) is 14.8 Å². The van der Waals surface area contributed by atoms with Crippen LogP contribution in [0.2, 0.25) is 5.02 Å². The molecule has 3 unspecified atom stereocenters. The van der Waals surface area contributed by atoms with Gasteiger partial charge in [0.15, 0.2) is 0 Å². The van der Waals surface area contributed by atoms with E-state index in [4.69, 9.17) is 11.6 Å². The first-order chi connectivity index (χ1) is 11.9. The Morgan fingerprint density at radius 3 is 2.52 bits per heavy atom. The topological polar surface area (TPSA) is 66.5 Å². The number of carbonyl (C=O) groups is 1. The van der Waals surface area contributed by atoms with E-state index < -0.39 is 10.0 Å². The van der Waals surface area contributed by atoms with E-state index in [0.29, 0.717) is 30.6 Å². The fraction of sp³-hybridized carbons (Fsp3) is 0.611. The molecular weight excluding hydrogens is 360 g/mol. The Kier molecular flexibility index (Phi) is 5.42. The molecule has 0 saturated heterocycles. The van der Waals surface area contributed by atoms with Crippen molar-refractivity contribution in [1.29, 1.82) is 0 Å². The normalized spacial score (nSPS) is 25.5. The second-order valence-corrected chi connectivity index (χ2v) is 9.32. The third-order valence-corrected chi connectivity index (χ3v) is 8.13. The van der Waals surface area contributed by atoms with Gasteiger partial charge in [0, 0.05) is 24.7 Å². The van der Waals surface area contributed by atoms with Crippen molar-refractivity contribution in [2.24, 2.45) is 17.8 Å². The fourth-order valence-electron chi connectivity index (χ4n) is 4.28. The number of nitrogens with one attached hydrogen (secondary N) is 1. The number of nitrogens with zero attached hydrogens (tertiary/aromatic N) is 1.